The molecular formula is C13H22N2O4S. The molecule has 3 aliphatic heterocycles. The second kappa shape index (κ2) is 5.61. The first-order valence-electron chi connectivity index (χ1n) is 7.43. The molecule has 0 spiro atoms. The number of carbonyl (C=O) groups is 1. The number of nitrogens with one attached hydrogen (secondary N) is 1. The van der Waals surface area contributed by atoms with Crippen LogP contribution in [-0.2, 0) is 19.6 Å². The first-order chi connectivity index (χ1) is 9.54. The van der Waals surface area contributed by atoms with E-state index in [1.54, 1.807) is 4.31 Å². The Morgan fingerprint density at radius 3 is 2.90 bits per heavy atom. The summed E-state index contributed by atoms with van der Waals surface area (Å²) in [4.78, 5) is 11.4. The van der Waals surface area contributed by atoms with Gasteiger partial charge in [-0.25, -0.2) is 12.7 Å². The fourth-order valence-electron chi connectivity index (χ4n) is 3.45. The number of amides is 1. The standard InChI is InChI=1S/C13H22N2O4S/c16-13-4-3-10-8-15(6-5-12(10)14-13)20(17,18)9-11-2-1-7-19-11/h10-12H,1-9H2,(H,14,16). The number of fused-ring (bicyclic) bond motifs is 1. The van der Waals surface area contributed by atoms with Crippen LogP contribution >= 0.6 is 0 Å². The van der Waals surface area contributed by atoms with Crippen LogP contribution < -0.4 is 5.32 Å². The van der Waals surface area contributed by atoms with E-state index in [1.807, 2.05) is 0 Å². The Kier molecular flexibility index (Phi) is 4.01. The molecule has 3 atom stereocenters. The summed E-state index contributed by atoms with van der Waals surface area (Å²) in [5, 5.41) is 2.98. The molecule has 3 rings (SSSR count). The zero-order valence-corrected chi connectivity index (χ0v) is 12.4. The zero-order chi connectivity index (χ0) is 14.2. The van der Waals surface area contributed by atoms with E-state index in [0.29, 0.717) is 26.1 Å². The molecule has 3 fully saturated rings. The van der Waals surface area contributed by atoms with Crippen LogP contribution in [0.5, 0.6) is 0 Å². The highest BCUT2D eigenvalue weighted by Gasteiger charge is 2.38. The van der Waals surface area contributed by atoms with Crippen LogP contribution in [0.25, 0.3) is 0 Å². The van der Waals surface area contributed by atoms with E-state index in [9.17, 15) is 13.2 Å². The van der Waals surface area contributed by atoms with Crippen LogP contribution in [0.3, 0.4) is 0 Å². The molecule has 0 aromatic heterocycles. The molecule has 0 aliphatic carbocycles. The number of rotatable bonds is 3. The van der Waals surface area contributed by atoms with Crippen molar-refractivity contribution in [2.45, 2.75) is 44.2 Å². The van der Waals surface area contributed by atoms with Gasteiger partial charge in [0.15, 0.2) is 0 Å². The second-order valence-electron chi connectivity index (χ2n) is 6.03. The predicted molar refractivity (Wildman–Crippen MR) is 73.6 cm³/mol. The maximum Gasteiger partial charge on any atom is 0.220 e. The van der Waals surface area contributed by atoms with Gasteiger partial charge in [0.1, 0.15) is 0 Å². The Labute approximate surface area is 119 Å². The molecule has 1 amide bonds. The van der Waals surface area contributed by atoms with Gasteiger partial charge in [-0.05, 0) is 31.6 Å². The van der Waals surface area contributed by atoms with E-state index in [2.05, 4.69) is 5.32 Å². The van der Waals surface area contributed by atoms with Gasteiger partial charge in [0.25, 0.3) is 0 Å². The molecule has 0 radical (unpaired) electrons. The Morgan fingerprint density at radius 2 is 2.15 bits per heavy atom. The van der Waals surface area contributed by atoms with Crippen molar-refractivity contribution in [2.24, 2.45) is 5.92 Å². The summed E-state index contributed by atoms with van der Waals surface area (Å²) in [5.74, 6) is 0.471. The van der Waals surface area contributed by atoms with Crippen LogP contribution in [0, 0.1) is 5.92 Å². The minimum Gasteiger partial charge on any atom is -0.377 e. The fourth-order valence-corrected chi connectivity index (χ4v) is 5.19. The second-order valence-corrected chi connectivity index (χ2v) is 8.05. The van der Waals surface area contributed by atoms with Gasteiger partial charge in [-0.15, -0.1) is 0 Å². The Balaban J connectivity index is 1.61. The first-order valence-corrected chi connectivity index (χ1v) is 9.04. The number of piperidine rings is 2. The van der Waals surface area contributed by atoms with Crippen molar-refractivity contribution in [3.05, 3.63) is 0 Å². The fraction of sp³-hybridized carbons (Fsp3) is 0.923. The van der Waals surface area contributed by atoms with E-state index >= 15 is 0 Å². The maximum absolute atomic E-state index is 12.4. The summed E-state index contributed by atoms with van der Waals surface area (Å²) in [5.41, 5.74) is 0. The van der Waals surface area contributed by atoms with Crippen molar-refractivity contribution >= 4 is 15.9 Å². The van der Waals surface area contributed by atoms with Crippen molar-refractivity contribution in [3.63, 3.8) is 0 Å². The lowest BCUT2D eigenvalue weighted by atomic mass is 9.86. The van der Waals surface area contributed by atoms with E-state index in [-0.39, 0.29) is 29.7 Å². The lowest BCUT2D eigenvalue weighted by Crippen LogP contribution is -2.55. The predicted octanol–water partition coefficient (Wildman–Crippen LogP) is 0.0957. The third-order valence-corrected chi connectivity index (χ3v) is 6.51. The SMILES string of the molecule is O=C1CCC2CN(S(=O)(=O)CC3CCCO3)CCC2N1. The topological polar surface area (TPSA) is 75.7 Å². The average Bonchev–Trinajstić information content (AvgIpc) is 2.90. The number of ether oxygens (including phenoxy) is 1. The third-order valence-electron chi connectivity index (χ3n) is 4.60. The van der Waals surface area contributed by atoms with Gasteiger partial charge < -0.3 is 10.1 Å². The monoisotopic (exact) mass is 302 g/mol. The van der Waals surface area contributed by atoms with Gasteiger partial charge in [0.2, 0.25) is 15.9 Å². The Bertz CT molecular complexity index is 473. The lowest BCUT2D eigenvalue weighted by molar-refractivity contribution is -0.124. The summed E-state index contributed by atoms with van der Waals surface area (Å²) in [6.45, 7) is 1.73. The number of sulfonamides is 1. The Hall–Kier alpha value is -0.660. The van der Waals surface area contributed by atoms with Gasteiger partial charge >= 0.3 is 0 Å². The smallest absolute Gasteiger partial charge is 0.220 e. The highest BCUT2D eigenvalue weighted by Crippen LogP contribution is 2.27. The first kappa shape index (κ1) is 14.3. The summed E-state index contributed by atoms with van der Waals surface area (Å²) in [6, 6.07) is 0.158. The van der Waals surface area contributed by atoms with Gasteiger partial charge in [-0.1, -0.05) is 0 Å². The van der Waals surface area contributed by atoms with Crippen LogP contribution in [0.2, 0.25) is 0 Å². The molecule has 20 heavy (non-hydrogen) atoms. The zero-order valence-electron chi connectivity index (χ0n) is 11.6. The minimum atomic E-state index is -3.24. The number of carbonyl (C=O) groups excluding carboxylic acids is 1. The van der Waals surface area contributed by atoms with Crippen LogP contribution in [0.1, 0.15) is 32.1 Å². The number of hydrogen-bond acceptors (Lipinski definition) is 4. The van der Waals surface area contributed by atoms with E-state index in [4.69, 9.17) is 4.74 Å². The molecule has 3 aliphatic rings. The van der Waals surface area contributed by atoms with Crippen LogP contribution in [0.15, 0.2) is 0 Å². The lowest BCUT2D eigenvalue weighted by Gasteiger charge is -2.40. The Morgan fingerprint density at radius 1 is 1.30 bits per heavy atom. The third kappa shape index (κ3) is 2.99. The van der Waals surface area contributed by atoms with E-state index in [1.165, 1.54) is 0 Å². The van der Waals surface area contributed by atoms with Crippen LogP contribution in [0.4, 0.5) is 0 Å². The summed E-state index contributed by atoms with van der Waals surface area (Å²) < 4.78 is 31.9. The van der Waals surface area contributed by atoms with E-state index in [0.717, 1.165) is 25.7 Å². The maximum atomic E-state index is 12.4. The van der Waals surface area contributed by atoms with Crippen molar-refractivity contribution in [1.29, 1.82) is 0 Å². The van der Waals surface area contributed by atoms with Crippen LogP contribution in [-0.4, -0.2) is 56.2 Å². The molecule has 0 aromatic carbocycles. The molecule has 3 heterocycles. The quantitative estimate of drug-likeness (QED) is 0.802. The van der Waals surface area contributed by atoms with Gasteiger partial charge in [0, 0.05) is 32.2 Å². The molecule has 6 nitrogen and oxygen atoms in total. The highest BCUT2D eigenvalue weighted by atomic mass is 32.2. The molecule has 0 aromatic rings. The van der Waals surface area contributed by atoms with Crippen molar-refractivity contribution < 1.29 is 17.9 Å². The minimum absolute atomic E-state index is 0.0990. The molecule has 1 N–H and O–H groups in total. The van der Waals surface area contributed by atoms with Crippen molar-refractivity contribution in [1.82, 2.24) is 9.62 Å². The molecule has 0 bridgehead atoms. The largest absolute Gasteiger partial charge is 0.377 e. The molecule has 0 saturated carbocycles. The number of hydrogen-bond donors (Lipinski definition) is 1. The highest BCUT2D eigenvalue weighted by molar-refractivity contribution is 7.89. The number of nitrogens with zero attached hydrogens (tertiary/aromatic N) is 1. The molecule has 7 heteroatoms. The van der Waals surface area contributed by atoms with Gasteiger partial charge in [0.05, 0.1) is 11.9 Å². The molecular weight excluding hydrogens is 280 g/mol. The normalized spacial score (nSPS) is 35.6. The average molecular weight is 302 g/mol. The summed E-state index contributed by atoms with van der Waals surface area (Å²) in [7, 11) is -3.24. The molecule has 3 saturated heterocycles. The van der Waals surface area contributed by atoms with Gasteiger partial charge in [-0.3, -0.25) is 4.79 Å². The van der Waals surface area contributed by atoms with Crippen molar-refractivity contribution in [2.75, 3.05) is 25.4 Å². The summed E-state index contributed by atoms with van der Waals surface area (Å²) >= 11 is 0. The summed E-state index contributed by atoms with van der Waals surface area (Å²) in [6.07, 6.45) is 3.69. The molecule has 114 valence electrons. The van der Waals surface area contributed by atoms with E-state index < -0.39 is 10.0 Å². The molecule has 3 unspecified atom stereocenters. The van der Waals surface area contributed by atoms with Crippen molar-refractivity contribution in [3.8, 4) is 0 Å². The van der Waals surface area contributed by atoms with Gasteiger partial charge in [-0.2, -0.15) is 0 Å².